The van der Waals surface area contributed by atoms with Crippen LogP contribution in [0, 0.1) is 11.8 Å². The van der Waals surface area contributed by atoms with Gasteiger partial charge in [-0.1, -0.05) is 29.8 Å². The largest absolute Gasteiger partial charge is 0.444 e. The summed E-state index contributed by atoms with van der Waals surface area (Å²) in [6.07, 6.45) is 4.85. The van der Waals surface area contributed by atoms with E-state index in [2.05, 4.69) is 15.2 Å². The highest BCUT2D eigenvalue weighted by Crippen LogP contribution is 2.32. The maximum absolute atomic E-state index is 12.9. The lowest BCUT2D eigenvalue weighted by Crippen LogP contribution is -2.38. The van der Waals surface area contributed by atoms with E-state index in [-0.39, 0.29) is 17.9 Å². The number of amides is 3. The van der Waals surface area contributed by atoms with Crippen molar-refractivity contribution in [2.24, 2.45) is 11.8 Å². The first-order valence-electron chi connectivity index (χ1n) is 13.3. The summed E-state index contributed by atoms with van der Waals surface area (Å²) in [4.78, 5) is 48.3. The second-order valence-corrected chi connectivity index (χ2v) is 11.8. The molecule has 1 aromatic carbocycles. The number of carbonyl (C=O) groups excluding carboxylic acids is 3. The molecule has 0 saturated carbocycles. The van der Waals surface area contributed by atoms with E-state index in [0.717, 1.165) is 26.2 Å². The van der Waals surface area contributed by atoms with Crippen molar-refractivity contribution < 1.29 is 19.1 Å². The van der Waals surface area contributed by atoms with E-state index in [1.807, 2.05) is 36.3 Å². The number of nitrogens with one attached hydrogen (secondary N) is 1. The molecule has 4 heterocycles. The Kier molecular flexibility index (Phi) is 7.68. The summed E-state index contributed by atoms with van der Waals surface area (Å²) in [5.41, 5.74) is 0.497. The summed E-state index contributed by atoms with van der Waals surface area (Å²) < 4.78 is 7.37. The van der Waals surface area contributed by atoms with Crippen LogP contribution in [-0.4, -0.2) is 87.0 Å². The van der Waals surface area contributed by atoms with Crippen molar-refractivity contribution in [2.75, 3.05) is 44.6 Å². The molecule has 10 nitrogen and oxygen atoms in total. The van der Waals surface area contributed by atoms with Gasteiger partial charge in [0.2, 0.25) is 5.91 Å². The Morgan fingerprint density at radius 2 is 1.79 bits per heavy atom. The molecule has 3 amide bonds. The molecule has 208 valence electrons. The minimum atomic E-state index is -0.486. The normalized spacial score (nSPS) is 21.2. The van der Waals surface area contributed by atoms with Crippen molar-refractivity contribution in [1.82, 2.24) is 24.3 Å². The fourth-order valence-corrected chi connectivity index (χ4v) is 5.68. The summed E-state index contributed by atoms with van der Waals surface area (Å²) in [5.74, 6) is 1.20. The number of ether oxygens (including phenoxy) is 1. The summed E-state index contributed by atoms with van der Waals surface area (Å²) >= 11 is 6.16. The van der Waals surface area contributed by atoms with Gasteiger partial charge in [0.1, 0.15) is 17.1 Å². The third-order valence-electron chi connectivity index (χ3n) is 7.37. The zero-order chi connectivity index (χ0) is 27.7. The van der Waals surface area contributed by atoms with E-state index in [1.54, 1.807) is 41.4 Å². The highest BCUT2D eigenvalue weighted by atomic mass is 35.5. The molecule has 0 aliphatic carbocycles. The number of para-hydroxylation sites is 1. The Morgan fingerprint density at radius 1 is 1.08 bits per heavy atom. The molecular formula is C28H35ClN6O4. The molecule has 2 atom stereocenters. The van der Waals surface area contributed by atoms with Crippen molar-refractivity contribution in [3.8, 4) is 0 Å². The Labute approximate surface area is 233 Å². The molecule has 2 fully saturated rings. The van der Waals surface area contributed by atoms with E-state index in [1.165, 1.54) is 0 Å². The first-order chi connectivity index (χ1) is 18.6. The molecule has 3 aliphatic heterocycles. The van der Waals surface area contributed by atoms with Gasteiger partial charge in [0.25, 0.3) is 5.91 Å². The van der Waals surface area contributed by atoms with Crippen LogP contribution in [0.4, 0.5) is 10.5 Å². The second-order valence-electron chi connectivity index (χ2n) is 11.4. The lowest BCUT2D eigenvalue weighted by atomic mass is 10.0. The van der Waals surface area contributed by atoms with Crippen molar-refractivity contribution in [3.05, 3.63) is 59.2 Å². The van der Waals surface area contributed by atoms with Crippen LogP contribution < -0.4 is 5.32 Å². The van der Waals surface area contributed by atoms with Gasteiger partial charge in [-0.2, -0.15) is 0 Å². The highest BCUT2D eigenvalue weighted by molar-refractivity contribution is 6.33. The Hall–Kier alpha value is -3.37. The second kappa shape index (κ2) is 11.0. The van der Waals surface area contributed by atoms with Crippen LogP contribution in [0.25, 0.3) is 0 Å². The zero-order valence-electron chi connectivity index (χ0n) is 22.6. The van der Waals surface area contributed by atoms with Crippen LogP contribution in [0.1, 0.15) is 37.1 Å². The van der Waals surface area contributed by atoms with Gasteiger partial charge in [0.15, 0.2) is 0 Å². The fraction of sp³-hybridized carbons (Fsp3) is 0.500. The molecule has 2 aromatic rings. The van der Waals surface area contributed by atoms with Gasteiger partial charge in [-0.25, -0.2) is 9.78 Å². The predicted octanol–water partition coefficient (Wildman–Crippen LogP) is 3.49. The van der Waals surface area contributed by atoms with Gasteiger partial charge in [-0.15, -0.1) is 0 Å². The van der Waals surface area contributed by atoms with Gasteiger partial charge in [-0.3, -0.25) is 14.5 Å². The number of likely N-dealkylation sites (tertiary alicyclic amines) is 2. The van der Waals surface area contributed by atoms with E-state index >= 15 is 0 Å². The third-order valence-corrected chi connectivity index (χ3v) is 7.70. The molecule has 1 N–H and O–H groups in total. The van der Waals surface area contributed by atoms with Crippen molar-refractivity contribution in [1.29, 1.82) is 0 Å². The summed E-state index contributed by atoms with van der Waals surface area (Å²) in [5, 5.41) is 3.29. The van der Waals surface area contributed by atoms with E-state index in [9.17, 15) is 14.4 Å². The quantitative estimate of drug-likeness (QED) is 0.568. The molecule has 0 spiro atoms. The summed E-state index contributed by atoms with van der Waals surface area (Å²) in [6, 6.07) is 7.07. The maximum Gasteiger partial charge on any atom is 0.410 e. The third kappa shape index (κ3) is 6.28. The van der Waals surface area contributed by atoms with E-state index in [0.29, 0.717) is 60.2 Å². The van der Waals surface area contributed by atoms with Gasteiger partial charge < -0.3 is 24.4 Å². The van der Waals surface area contributed by atoms with Crippen LogP contribution in [0.15, 0.2) is 42.6 Å². The molecule has 0 radical (unpaired) electrons. The number of imidazole rings is 1. The Morgan fingerprint density at radius 3 is 2.49 bits per heavy atom. The number of benzene rings is 1. The molecule has 11 heteroatoms. The highest BCUT2D eigenvalue weighted by Gasteiger charge is 2.42. The molecular weight excluding hydrogens is 520 g/mol. The molecule has 0 unspecified atom stereocenters. The van der Waals surface area contributed by atoms with Crippen LogP contribution >= 0.6 is 11.6 Å². The zero-order valence-corrected chi connectivity index (χ0v) is 23.4. The molecule has 3 aliphatic rings. The number of rotatable bonds is 5. The Bertz CT molecular complexity index is 1270. The monoisotopic (exact) mass is 554 g/mol. The van der Waals surface area contributed by atoms with Crippen LogP contribution in [0.3, 0.4) is 0 Å². The average molecular weight is 555 g/mol. The number of nitrogens with zero attached hydrogens (tertiary/aromatic N) is 5. The van der Waals surface area contributed by atoms with Crippen LogP contribution in [0.5, 0.6) is 0 Å². The van der Waals surface area contributed by atoms with Gasteiger partial charge in [0, 0.05) is 51.9 Å². The van der Waals surface area contributed by atoms with Crippen LogP contribution in [-0.2, 0) is 22.6 Å². The van der Waals surface area contributed by atoms with Gasteiger partial charge in [0.05, 0.1) is 23.5 Å². The smallest absolute Gasteiger partial charge is 0.410 e. The standard InChI is InChI=1S/C28H35ClN6O4/c1-28(2,3)39-27(38)34-16-19-14-32(15-20(19)17-34)10-6-9-25(36)33-11-12-35-23(13-30-24(35)18-33)26(37)31-22-8-5-4-7-21(22)29/h4-9,13,19-20H,10-12,14-18H2,1-3H3,(H,31,37)/b9-6+/t19-,20+. The maximum atomic E-state index is 12.9. The van der Waals surface area contributed by atoms with Crippen molar-refractivity contribution in [3.63, 3.8) is 0 Å². The molecule has 0 bridgehead atoms. The lowest BCUT2D eigenvalue weighted by Gasteiger charge is -2.27. The van der Waals surface area contributed by atoms with E-state index < -0.39 is 5.60 Å². The van der Waals surface area contributed by atoms with E-state index in [4.69, 9.17) is 16.3 Å². The number of anilines is 1. The minimum absolute atomic E-state index is 0.0678. The van der Waals surface area contributed by atoms with Gasteiger partial charge >= 0.3 is 6.09 Å². The summed E-state index contributed by atoms with van der Waals surface area (Å²) in [7, 11) is 0. The first kappa shape index (κ1) is 27.2. The molecule has 39 heavy (non-hydrogen) atoms. The minimum Gasteiger partial charge on any atom is -0.444 e. The van der Waals surface area contributed by atoms with Crippen molar-refractivity contribution >= 4 is 35.2 Å². The molecule has 1 aromatic heterocycles. The number of hydrogen-bond donors (Lipinski definition) is 1. The number of hydrogen-bond acceptors (Lipinski definition) is 6. The predicted molar refractivity (Wildman–Crippen MR) is 147 cm³/mol. The van der Waals surface area contributed by atoms with Crippen LogP contribution in [0.2, 0.25) is 5.02 Å². The number of fused-ring (bicyclic) bond motifs is 2. The molecule has 5 rings (SSSR count). The fourth-order valence-electron chi connectivity index (χ4n) is 5.50. The van der Waals surface area contributed by atoms with Crippen molar-refractivity contribution in [2.45, 2.75) is 39.5 Å². The average Bonchev–Trinajstić information content (AvgIpc) is 3.57. The number of aromatic nitrogens is 2. The number of halogens is 1. The Balaban J connectivity index is 1.09. The topological polar surface area (TPSA) is 100 Å². The lowest BCUT2D eigenvalue weighted by molar-refractivity contribution is -0.127. The summed E-state index contributed by atoms with van der Waals surface area (Å²) in [6.45, 7) is 10.9. The van der Waals surface area contributed by atoms with Gasteiger partial charge in [-0.05, 0) is 44.7 Å². The number of carbonyl (C=O) groups is 3. The SMILES string of the molecule is CC(C)(C)OC(=O)N1C[C@H]2CN(C/C=C/C(=O)N3CCn4c(C(=O)Nc5ccccc5Cl)cnc4C3)C[C@H]2C1. The first-order valence-corrected chi connectivity index (χ1v) is 13.7. The molecule has 2 saturated heterocycles.